The summed E-state index contributed by atoms with van der Waals surface area (Å²) in [4.78, 5) is 131. The van der Waals surface area contributed by atoms with Gasteiger partial charge in [0.25, 0.3) is 0 Å². The summed E-state index contributed by atoms with van der Waals surface area (Å²) >= 11 is 0. The number of nitrogens with zero attached hydrogens (tertiary/aromatic N) is 4. The summed E-state index contributed by atoms with van der Waals surface area (Å²) in [5, 5.41) is 126. The first-order chi connectivity index (χ1) is 28.5. The molecule has 0 heterocycles. The van der Waals surface area contributed by atoms with E-state index in [2.05, 4.69) is 6.58 Å². The molecule has 0 bridgehead atoms. The normalized spacial score (nSPS) is 9.97. The fourth-order valence-electron chi connectivity index (χ4n) is 4.61. The number of aliphatic hydroxyl groups is 1. The van der Waals surface area contributed by atoms with Crippen molar-refractivity contribution in [3.8, 4) is 0 Å². The molecule has 0 saturated carbocycles. The number of hydrogen-bond acceptors (Lipinski definition) is 24. The minimum atomic E-state index is -1.86. The van der Waals surface area contributed by atoms with Gasteiger partial charge in [-0.15, -0.1) is 0 Å². The largest absolute Gasteiger partial charge is 1.00 e. The summed E-state index contributed by atoms with van der Waals surface area (Å²) < 4.78 is 0. The third-order valence-electron chi connectivity index (χ3n) is 7.04. The average Bonchev–Trinajstić information content (AvgIpc) is 3.06. The molecule has 0 aromatic carbocycles. The summed E-state index contributed by atoms with van der Waals surface area (Å²) in [6, 6.07) is -5.18. The summed E-state index contributed by atoms with van der Waals surface area (Å²) in [5.41, 5.74) is 0. The topological polar surface area (TPSA) is 510 Å². The summed E-state index contributed by atoms with van der Waals surface area (Å²) in [6.45, 7) is -0.725. The first-order valence-electron chi connectivity index (χ1n) is 17.0. The van der Waals surface area contributed by atoms with Crippen LogP contribution in [-0.2, 0) is 57.5 Å². The maximum atomic E-state index is 11.0. The Hall–Kier alpha value is 3.98. The van der Waals surface area contributed by atoms with Gasteiger partial charge in [0.2, 0.25) is 0 Å². The molecule has 0 aliphatic heterocycles. The van der Waals surface area contributed by atoms with E-state index in [0.717, 1.165) is 4.90 Å². The third-order valence-corrected chi connectivity index (χ3v) is 7.04. The van der Waals surface area contributed by atoms with E-state index in [4.69, 9.17) is 30.6 Å². The Morgan fingerprint density at radius 2 is 0.747 bits per heavy atom. The first-order valence-corrected chi connectivity index (χ1v) is 17.0. The molecule has 0 saturated heterocycles. The number of carbonyl (C=O) groups excluding carboxylic acids is 6. The van der Waals surface area contributed by atoms with Crippen LogP contribution in [-0.4, -0.2) is 217 Å². The predicted octanol–water partition coefficient (Wildman–Crippen LogP) is -44.2. The van der Waals surface area contributed by atoms with Crippen molar-refractivity contribution in [2.75, 3.05) is 72.0 Å². The summed E-state index contributed by atoms with van der Waals surface area (Å²) in [6.07, 6.45) is -2.93. The van der Waals surface area contributed by atoms with Gasteiger partial charge in [-0.25, -0.2) is 0 Å². The van der Waals surface area contributed by atoms with Crippen LogP contribution >= 0.6 is 0 Å². The molecule has 0 amide bonds. The summed E-state index contributed by atoms with van der Waals surface area (Å²) in [7, 11) is 0. The van der Waals surface area contributed by atoms with E-state index in [1.54, 1.807) is 0 Å². The smallest absolute Gasteiger partial charge is 0.550 e. The number of carboxylic acids is 12. The zero-order valence-corrected chi connectivity index (χ0v) is 65.3. The fourth-order valence-corrected chi connectivity index (χ4v) is 4.61. The van der Waals surface area contributed by atoms with E-state index in [-0.39, 0.29) is 378 Å². The Labute approximate surface area is 676 Å². The first kappa shape index (κ1) is 121. The zero-order chi connectivity index (χ0) is 48.9. The molecule has 0 aromatic heterocycles. The molecule has 75 heavy (non-hydrogen) atoms. The van der Waals surface area contributed by atoms with E-state index in [1.807, 2.05) is 5.32 Å². The maximum absolute atomic E-state index is 11.0. The van der Waals surface area contributed by atoms with Crippen molar-refractivity contribution in [3.05, 3.63) is 12.3 Å². The van der Waals surface area contributed by atoms with Crippen molar-refractivity contribution < 1.29 is 449 Å². The van der Waals surface area contributed by atoms with Gasteiger partial charge >= 0.3 is 361 Å². The molecular formula is C34H51N5Na11O25+5. The number of rotatable bonds is 33. The van der Waals surface area contributed by atoms with Gasteiger partial charge in [0, 0.05) is 64.6 Å². The molecule has 0 rings (SSSR count). The molecule has 0 radical (unpaired) electrons. The SMILES string of the molecule is C.C.C=C(O)CN(CCN(CCN(CC(=O)[O-])CC(=O)O)CC(=O)O)CC(=O)[O-].O=C([O-])CC(NC(CC(=O)O)C(=O)O)C(=O)[O-].O=C([O-])CN(CC(=O)O)[C@@H](CCC(=O)O)C(=O)[O-].[Na+].[Na+].[Na+].[Na+].[Na+].[Na+].[Na+].[Na+].[Na+].[Na+].[Na+]. The maximum Gasteiger partial charge on any atom is 1.00 e. The molecule has 3 atom stereocenters. The van der Waals surface area contributed by atoms with Crippen LogP contribution in [0, 0.1) is 0 Å². The minimum Gasteiger partial charge on any atom is -0.550 e. The summed E-state index contributed by atoms with van der Waals surface area (Å²) in [5.74, 6) is -18.4. The molecular weight excluding hydrogens is 1130 g/mol. The Bertz CT molecular complexity index is 1530. The van der Waals surface area contributed by atoms with Gasteiger partial charge < -0.3 is 95.2 Å². The van der Waals surface area contributed by atoms with E-state index in [1.165, 1.54) is 9.80 Å². The predicted molar refractivity (Wildman–Crippen MR) is 195 cm³/mol. The molecule has 0 fully saturated rings. The minimum absolute atomic E-state index is 0. The fraction of sp³-hybridized carbons (Fsp3) is 0.588. The Balaban J connectivity index is -0.0000000470. The van der Waals surface area contributed by atoms with Crippen molar-refractivity contribution in [2.45, 2.75) is 58.7 Å². The van der Waals surface area contributed by atoms with E-state index >= 15 is 0 Å². The third kappa shape index (κ3) is 80.1. The average molecular weight is 1180 g/mol. The molecule has 368 valence electrons. The molecule has 0 aliphatic rings. The van der Waals surface area contributed by atoms with Crippen LogP contribution in [0.1, 0.15) is 40.5 Å². The van der Waals surface area contributed by atoms with Crippen LogP contribution in [0.4, 0.5) is 0 Å². The number of carbonyl (C=O) groups is 12. The molecule has 2 unspecified atom stereocenters. The van der Waals surface area contributed by atoms with Gasteiger partial charge in [0.15, 0.2) is 0 Å². The van der Waals surface area contributed by atoms with Crippen molar-refractivity contribution in [3.63, 3.8) is 0 Å². The van der Waals surface area contributed by atoms with Crippen molar-refractivity contribution in [1.29, 1.82) is 0 Å². The van der Waals surface area contributed by atoms with Crippen molar-refractivity contribution >= 4 is 71.6 Å². The van der Waals surface area contributed by atoms with E-state index in [0.29, 0.717) is 4.90 Å². The monoisotopic (exact) mass is 1180 g/mol. The standard InChI is InChI=1S/C15H25N3O9.C9H13NO8.C8H11NO8.2CH4.11Na/c1-11(19)6-17(8-13(22)23)4-2-16(7-12(20)21)3-5-18(9-14(24)25)10-15(26)27;11-6(12)2-1-5(9(17)18)10(3-7(13)14)4-8(15)16;10-5(11)1-3(7(14)15)9-4(8(16)17)2-6(12)13;;;;;;;;;;;;;/h19H,1-10H2,(H,20,21)(H,22,23)(H,24,25)(H,26,27);5H,1-4H2,(H,11,12)(H,13,14)(H,15,16)(H,17,18);3-4,9H,1-2H2,(H,10,11)(H,12,13)(H,14,15)(H,16,17);2*1H4;;;;;;;;;;;/q;;;;;11*+1/p-6/t;5-;;;;;;;;;;;;;;/m.0............../s1. The Morgan fingerprint density at radius 3 is 1.01 bits per heavy atom. The van der Waals surface area contributed by atoms with E-state index in [9.17, 15) is 93.3 Å². The van der Waals surface area contributed by atoms with Crippen LogP contribution in [0.3, 0.4) is 0 Å². The quantitative estimate of drug-likeness (QED) is 0.0223. The van der Waals surface area contributed by atoms with Gasteiger partial charge in [-0.2, -0.15) is 0 Å². The molecule has 0 spiro atoms. The van der Waals surface area contributed by atoms with Gasteiger partial charge in [0.1, 0.15) is 6.04 Å². The van der Waals surface area contributed by atoms with Gasteiger partial charge in [-0.05, 0) is 6.42 Å². The number of aliphatic hydroxyl groups excluding tert-OH is 1. The van der Waals surface area contributed by atoms with E-state index < -0.39 is 155 Å². The van der Waals surface area contributed by atoms with Crippen LogP contribution < -0.4 is 361 Å². The molecule has 0 aliphatic carbocycles. The molecule has 0 aromatic rings. The molecule has 30 nitrogen and oxygen atoms in total. The number of carboxylic acid groups (broad SMARTS) is 12. The van der Waals surface area contributed by atoms with Crippen molar-refractivity contribution in [1.82, 2.24) is 24.9 Å². The van der Waals surface area contributed by atoms with Gasteiger partial charge in [0.05, 0.1) is 80.3 Å². The van der Waals surface area contributed by atoms with Crippen LogP contribution in [0.25, 0.3) is 0 Å². The number of nitrogens with one attached hydrogen (secondary N) is 1. The zero-order valence-electron chi connectivity index (χ0n) is 43.3. The van der Waals surface area contributed by atoms with Crippen molar-refractivity contribution in [2.24, 2.45) is 0 Å². The Kier molecular flexibility index (Phi) is 117. The van der Waals surface area contributed by atoms with Gasteiger partial charge in [-0.1, -0.05) is 21.4 Å². The van der Waals surface area contributed by atoms with Crippen LogP contribution in [0.2, 0.25) is 0 Å². The second-order valence-electron chi connectivity index (χ2n) is 12.3. The van der Waals surface area contributed by atoms with Crippen LogP contribution in [0.5, 0.6) is 0 Å². The van der Waals surface area contributed by atoms with Gasteiger partial charge in [-0.3, -0.25) is 53.7 Å². The number of hydrogen-bond donors (Lipinski definition) is 8. The Morgan fingerprint density at radius 1 is 0.400 bits per heavy atom. The second-order valence-corrected chi connectivity index (χ2v) is 12.3. The van der Waals surface area contributed by atoms with Crippen LogP contribution in [0.15, 0.2) is 12.3 Å². The second kappa shape index (κ2) is 72.2. The molecule has 8 N–H and O–H groups in total. The molecule has 41 heteroatoms. The number of aliphatic carboxylic acids is 12.